The number of hydrogen-bond donors (Lipinski definition) is 2. The quantitative estimate of drug-likeness (QED) is 0.492. The molecular formula is C28H28N2O5. The number of fused-ring (bicyclic) bond motifs is 2. The minimum Gasteiger partial charge on any atom is -0.493 e. The first-order valence-corrected chi connectivity index (χ1v) is 12.2. The molecule has 1 fully saturated rings. The van der Waals surface area contributed by atoms with Crippen molar-refractivity contribution < 1.29 is 24.1 Å². The monoisotopic (exact) mass is 472 g/mol. The molecule has 0 bridgehead atoms. The van der Waals surface area contributed by atoms with Crippen molar-refractivity contribution in [1.82, 2.24) is 4.98 Å². The molecule has 3 aliphatic rings. The molecule has 0 saturated heterocycles. The molecule has 1 saturated carbocycles. The lowest BCUT2D eigenvalue weighted by molar-refractivity contribution is -0.137. The van der Waals surface area contributed by atoms with Crippen LogP contribution in [0.4, 0.5) is 5.82 Å². The predicted molar refractivity (Wildman–Crippen MR) is 131 cm³/mol. The average Bonchev–Trinajstić information content (AvgIpc) is 3.39. The van der Waals surface area contributed by atoms with Crippen LogP contribution >= 0.6 is 0 Å². The number of benzene rings is 2. The lowest BCUT2D eigenvalue weighted by Crippen LogP contribution is -2.15. The molecule has 0 radical (unpaired) electrons. The highest BCUT2D eigenvalue weighted by Gasteiger charge is 2.57. The van der Waals surface area contributed by atoms with Gasteiger partial charge in [-0.1, -0.05) is 24.3 Å². The molecule has 3 heterocycles. The van der Waals surface area contributed by atoms with Crippen molar-refractivity contribution in [2.45, 2.75) is 43.4 Å². The number of carbonyl (C=O) groups is 1. The first-order valence-electron chi connectivity index (χ1n) is 12.2. The smallest absolute Gasteiger partial charge is 0.304 e. The average molecular weight is 473 g/mol. The molecule has 0 amide bonds. The van der Waals surface area contributed by atoms with Crippen LogP contribution in [0.1, 0.15) is 47.6 Å². The zero-order chi connectivity index (χ0) is 23.8. The molecule has 3 aromatic rings. The van der Waals surface area contributed by atoms with Gasteiger partial charge in [0.1, 0.15) is 11.6 Å². The lowest BCUT2D eigenvalue weighted by atomic mass is 9.87. The van der Waals surface area contributed by atoms with E-state index in [1.807, 2.05) is 30.3 Å². The van der Waals surface area contributed by atoms with E-state index in [2.05, 4.69) is 29.6 Å². The Bertz CT molecular complexity index is 1260. The number of rotatable bonds is 8. The number of anilines is 1. The molecule has 2 aliphatic heterocycles. The fourth-order valence-electron chi connectivity index (χ4n) is 5.41. The number of ether oxygens (including phenoxy) is 3. The highest BCUT2D eigenvalue weighted by molar-refractivity contribution is 5.71. The molecule has 1 aromatic heterocycles. The van der Waals surface area contributed by atoms with Crippen LogP contribution in [0.25, 0.3) is 0 Å². The second-order valence-corrected chi connectivity index (χ2v) is 9.56. The Kier molecular flexibility index (Phi) is 5.47. The van der Waals surface area contributed by atoms with Gasteiger partial charge in [-0.2, -0.15) is 0 Å². The van der Waals surface area contributed by atoms with Gasteiger partial charge < -0.3 is 24.6 Å². The maximum atomic E-state index is 11.7. The van der Waals surface area contributed by atoms with Crippen LogP contribution in [0.3, 0.4) is 0 Å². The highest BCUT2D eigenvalue weighted by atomic mass is 16.7. The number of carboxylic acid groups (broad SMARTS) is 1. The summed E-state index contributed by atoms with van der Waals surface area (Å²) in [5.41, 5.74) is 3.99. The summed E-state index contributed by atoms with van der Waals surface area (Å²) in [6.07, 6.45) is 3.85. The van der Waals surface area contributed by atoms with Crippen molar-refractivity contribution in [2.75, 3.05) is 25.3 Å². The van der Waals surface area contributed by atoms with Crippen molar-refractivity contribution in [2.24, 2.45) is 0 Å². The minimum absolute atomic E-state index is 0.0815. The molecule has 2 unspecified atom stereocenters. The van der Waals surface area contributed by atoms with Crippen LogP contribution in [0, 0.1) is 0 Å². The minimum atomic E-state index is -0.795. The fraction of sp³-hybridized carbons (Fsp3) is 0.357. The Labute approximate surface area is 204 Å². The molecule has 2 atom stereocenters. The van der Waals surface area contributed by atoms with E-state index >= 15 is 0 Å². The standard InChI is InChI=1S/C28H28N2O5/c31-26(32)16-28(20-6-10-24-25(14-20)35-17-34-24)15-23(28)18-4-8-22(9-5-18)33-13-11-21-7-3-19-2-1-12-29-27(19)30-21/h3-10,14,23H,1-2,11-13,15-17H2,(H,29,30)(H,31,32). The van der Waals surface area contributed by atoms with E-state index < -0.39 is 11.4 Å². The SMILES string of the molecule is O=C(O)CC1(c2ccc3c(c2)OCO3)CC1c1ccc(OCCc2ccc3c(n2)NCCC3)cc1. The number of hydrogen-bond acceptors (Lipinski definition) is 6. The Hall–Kier alpha value is -3.74. The van der Waals surface area contributed by atoms with Gasteiger partial charge in [0.05, 0.1) is 13.0 Å². The van der Waals surface area contributed by atoms with Crippen molar-refractivity contribution in [1.29, 1.82) is 0 Å². The van der Waals surface area contributed by atoms with Crippen molar-refractivity contribution in [3.8, 4) is 17.2 Å². The number of pyridine rings is 1. The van der Waals surface area contributed by atoms with Crippen molar-refractivity contribution in [3.63, 3.8) is 0 Å². The zero-order valence-electron chi connectivity index (χ0n) is 19.5. The number of nitrogens with zero attached hydrogens (tertiary/aromatic N) is 1. The summed E-state index contributed by atoms with van der Waals surface area (Å²) in [6.45, 7) is 1.74. The molecule has 35 heavy (non-hydrogen) atoms. The molecule has 6 rings (SSSR count). The summed E-state index contributed by atoms with van der Waals surface area (Å²) in [4.78, 5) is 16.4. The maximum Gasteiger partial charge on any atom is 0.304 e. The summed E-state index contributed by atoms with van der Waals surface area (Å²) in [7, 11) is 0. The largest absolute Gasteiger partial charge is 0.493 e. The highest BCUT2D eigenvalue weighted by Crippen LogP contribution is 2.63. The van der Waals surface area contributed by atoms with Gasteiger partial charge in [-0.3, -0.25) is 4.79 Å². The van der Waals surface area contributed by atoms with Gasteiger partial charge >= 0.3 is 5.97 Å². The molecule has 180 valence electrons. The van der Waals surface area contributed by atoms with Crippen LogP contribution in [-0.4, -0.2) is 36.0 Å². The Morgan fingerprint density at radius 3 is 2.83 bits per heavy atom. The molecular weight excluding hydrogens is 444 g/mol. The number of aliphatic carboxylic acids is 1. The van der Waals surface area contributed by atoms with Crippen LogP contribution in [0.2, 0.25) is 0 Å². The van der Waals surface area contributed by atoms with Crippen LogP contribution < -0.4 is 19.5 Å². The third kappa shape index (κ3) is 4.27. The molecule has 2 N–H and O–H groups in total. The van der Waals surface area contributed by atoms with Gasteiger partial charge in [-0.25, -0.2) is 4.98 Å². The normalized spacial score (nSPS) is 21.7. The van der Waals surface area contributed by atoms with Gasteiger partial charge in [-0.05, 0) is 72.2 Å². The molecule has 0 spiro atoms. The summed E-state index contributed by atoms with van der Waals surface area (Å²) in [5.74, 6) is 2.55. The van der Waals surface area contributed by atoms with Crippen LogP contribution in [-0.2, 0) is 23.1 Å². The second-order valence-electron chi connectivity index (χ2n) is 9.56. The van der Waals surface area contributed by atoms with E-state index in [0.717, 1.165) is 60.6 Å². The van der Waals surface area contributed by atoms with Crippen LogP contribution in [0.5, 0.6) is 17.2 Å². The van der Waals surface area contributed by atoms with Gasteiger partial charge in [0, 0.05) is 24.1 Å². The number of aryl methyl sites for hydroxylation is 1. The molecule has 7 nitrogen and oxygen atoms in total. The summed E-state index contributed by atoms with van der Waals surface area (Å²) < 4.78 is 16.9. The van der Waals surface area contributed by atoms with E-state index in [0.29, 0.717) is 18.1 Å². The summed E-state index contributed by atoms with van der Waals surface area (Å²) >= 11 is 0. The third-order valence-electron chi connectivity index (χ3n) is 7.35. The maximum absolute atomic E-state index is 11.7. The Balaban J connectivity index is 1.11. The summed E-state index contributed by atoms with van der Waals surface area (Å²) in [6, 6.07) is 18.1. The molecule has 1 aliphatic carbocycles. The Morgan fingerprint density at radius 1 is 1.11 bits per heavy atom. The van der Waals surface area contributed by atoms with Gasteiger partial charge in [0.25, 0.3) is 0 Å². The van der Waals surface area contributed by atoms with E-state index in [9.17, 15) is 9.90 Å². The first-order chi connectivity index (χ1) is 17.1. The fourth-order valence-corrected chi connectivity index (χ4v) is 5.41. The van der Waals surface area contributed by atoms with Gasteiger partial charge in [-0.15, -0.1) is 0 Å². The predicted octanol–water partition coefficient (Wildman–Crippen LogP) is 4.69. The molecule has 7 heteroatoms. The van der Waals surface area contributed by atoms with Crippen molar-refractivity contribution in [3.05, 3.63) is 77.0 Å². The topological polar surface area (TPSA) is 89.9 Å². The van der Waals surface area contributed by atoms with Crippen LogP contribution in [0.15, 0.2) is 54.6 Å². The second kappa shape index (κ2) is 8.80. The van der Waals surface area contributed by atoms with Gasteiger partial charge in [0.2, 0.25) is 6.79 Å². The lowest BCUT2D eigenvalue weighted by Gasteiger charge is -2.17. The number of carboxylic acids is 1. The van der Waals surface area contributed by atoms with E-state index in [-0.39, 0.29) is 19.1 Å². The molecule has 2 aromatic carbocycles. The zero-order valence-corrected chi connectivity index (χ0v) is 19.5. The first kappa shape index (κ1) is 21.8. The van der Waals surface area contributed by atoms with E-state index in [1.54, 1.807) is 0 Å². The summed E-state index contributed by atoms with van der Waals surface area (Å²) in [5, 5.41) is 13.0. The van der Waals surface area contributed by atoms with E-state index in [1.165, 1.54) is 5.56 Å². The van der Waals surface area contributed by atoms with E-state index in [4.69, 9.17) is 19.2 Å². The third-order valence-corrected chi connectivity index (χ3v) is 7.35. The number of nitrogens with one attached hydrogen (secondary N) is 1. The number of aromatic nitrogens is 1. The van der Waals surface area contributed by atoms with Crippen molar-refractivity contribution >= 4 is 11.8 Å². The van der Waals surface area contributed by atoms with Gasteiger partial charge in [0.15, 0.2) is 11.5 Å². The Morgan fingerprint density at radius 2 is 1.97 bits per heavy atom.